The van der Waals surface area contributed by atoms with Crippen molar-refractivity contribution in [3.05, 3.63) is 0 Å². The van der Waals surface area contributed by atoms with Gasteiger partial charge in [-0.05, 0) is 26.7 Å². The second-order valence-electron chi connectivity index (χ2n) is 4.45. The molecule has 1 unspecified atom stereocenters. The number of hydrogen-bond acceptors (Lipinski definition) is 5. The van der Waals surface area contributed by atoms with Crippen LogP contribution in [0.25, 0.3) is 0 Å². The first kappa shape index (κ1) is 15.4. The summed E-state index contributed by atoms with van der Waals surface area (Å²) in [4.78, 5) is 36.3. The van der Waals surface area contributed by atoms with Gasteiger partial charge in [0.25, 0.3) is 0 Å². The maximum absolute atomic E-state index is 11.9. The summed E-state index contributed by atoms with van der Waals surface area (Å²) in [5, 5.41) is 4.53. The number of ether oxygens (including phenoxy) is 1. The molecule has 0 spiro atoms. The highest BCUT2D eigenvalue weighted by Crippen LogP contribution is 2.28. The quantitative estimate of drug-likeness (QED) is 0.656. The van der Waals surface area contributed by atoms with Gasteiger partial charge in [0.2, 0.25) is 5.91 Å². The molecule has 0 aromatic carbocycles. The van der Waals surface area contributed by atoms with Crippen LogP contribution in [0.4, 0.5) is 4.79 Å². The van der Waals surface area contributed by atoms with Crippen molar-refractivity contribution in [2.24, 2.45) is 0 Å². The first-order valence-corrected chi connectivity index (χ1v) is 6.43. The third-order valence-electron chi connectivity index (χ3n) is 2.97. The van der Waals surface area contributed by atoms with Gasteiger partial charge in [-0.3, -0.25) is 19.8 Å². The molecule has 1 aliphatic carbocycles. The zero-order chi connectivity index (χ0) is 14.4. The van der Waals surface area contributed by atoms with Crippen LogP contribution in [0.2, 0.25) is 0 Å². The lowest BCUT2D eigenvalue weighted by Gasteiger charge is -2.26. The predicted octanol–water partition coefficient (Wildman–Crippen LogP) is -0.142. The third-order valence-corrected chi connectivity index (χ3v) is 2.97. The van der Waals surface area contributed by atoms with Crippen LogP contribution in [0.15, 0.2) is 0 Å². The SMILES string of the molecule is CCOC(=O)CN(C1CC1)C(C)C(=O)NC(=O)NC. The highest BCUT2D eigenvalue weighted by molar-refractivity contribution is 5.96. The van der Waals surface area contributed by atoms with E-state index >= 15 is 0 Å². The van der Waals surface area contributed by atoms with Gasteiger partial charge in [0, 0.05) is 13.1 Å². The Morgan fingerprint density at radius 1 is 1.37 bits per heavy atom. The van der Waals surface area contributed by atoms with Gasteiger partial charge in [-0.1, -0.05) is 0 Å². The van der Waals surface area contributed by atoms with Crippen LogP contribution in [0, 0.1) is 0 Å². The summed E-state index contributed by atoms with van der Waals surface area (Å²) in [5.41, 5.74) is 0. The Balaban J connectivity index is 2.57. The van der Waals surface area contributed by atoms with Crippen LogP contribution in [0.3, 0.4) is 0 Å². The number of nitrogens with zero attached hydrogens (tertiary/aromatic N) is 1. The van der Waals surface area contributed by atoms with E-state index < -0.39 is 18.0 Å². The smallest absolute Gasteiger partial charge is 0.321 e. The van der Waals surface area contributed by atoms with E-state index in [0.29, 0.717) is 6.61 Å². The molecule has 0 radical (unpaired) electrons. The lowest BCUT2D eigenvalue weighted by Crippen LogP contribution is -2.51. The number of urea groups is 1. The summed E-state index contributed by atoms with van der Waals surface area (Å²) in [6, 6.07) is -0.882. The van der Waals surface area contributed by atoms with Crippen molar-refractivity contribution in [3.63, 3.8) is 0 Å². The molecule has 1 saturated carbocycles. The molecule has 108 valence electrons. The Morgan fingerprint density at radius 3 is 2.47 bits per heavy atom. The molecule has 1 fully saturated rings. The molecule has 1 aliphatic rings. The lowest BCUT2D eigenvalue weighted by molar-refractivity contribution is -0.145. The standard InChI is InChI=1S/C12H21N3O4/c1-4-19-10(16)7-15(9-5-6-9)8(2)11(17)14-12(18)13-3/h8-9H,4-7H2,1-3H3,(H2,13,14,17,18). The van der Waals surface area contributed by atoms with Crippen molar-refractivity contribution in [3.8, 4) is 0 Å². The molecule has 0 heterocycles. The Morgan fingerprint density at radius 2 is 2.00 bits per heavy atom. The Hall–Kier alpha value is -1.63. The number of rotatable bonds is 6. The van der Waals surface area contributed by atoms with Crippen molar-refractivity contribution in [1.29, 1.82) is 0 Å². The number of carbonyl (C=O) groups is 3. The van der Waals surface area contributed by atoms with Crippen LogP contribution in [0.5, 0.6) is 0 Å². The summed E-state index contributed by atoms with van der Waals surface area (Å²) in [5.74, 6) is -0.774. The van der Waals surface area contributed by atoms with Gasteiger partial charge in [0.15, 0.2) is 0 Å². The van der Waals surface area contributed by atoms with Gasteiger partial charge in [0.1, 0.15) is 0 Å². The van der Waals surface area contributed by atoms with Crippen LogP contribution >= 0.6 is 0 Å². The minimum Gasteiger partial charge on any atom is -0.465 e. The highest BCUT2D eigenvalue weighted by Gasteiger charge is 2.36. The molecular formula is C12H21N3O4. The van der Waals surface area contributed by atoms with Crippen molar-refractivity contribution in [1.82, 2.24) is 15.5 Å². The fraction of sp³-hybridized carbons (Fsp3) is 0.750. The fourth-order valence-corrected chi connectivity index (χ4v) is 1.77. The summed E-state index contributed by atoms with van der Waals surface area (Å²) in [7, 11) is 1.44. The molecule has 19 heavy (non-hydrogen) atoms. The minimum atomic E-state index is -0.552. The number of carbonyl (C=O) groups excluding carboxylic acids is 3. The first-order chi connectivity index (χ1) is 8.99. The van der Waals surface area contributed by atoms with Crippen LogP contribution in [0.1, 0.15) is 26.7 Å². The topological polar surface area (TPSA) is 87.7 Å². The zero-order valence-corrected chi connectivity index (χ0v) is 11.6. The molecule has 0 aromatic rings. The van der Waals surface area contributed by atoms with Gasteiger partial charge in [-0.25, -0.2) is 4.79 Å². The Labute approximate surface area is 112 Å². The summed E-state index contributed by atoms with van der Waals surface area (Å²) in [6.07, 6.45) is 1.91. The normalized spacial score (nSPS) is 15.8. The van der Waals surface area contributed by atoms with Crippen LogP contribution in [-0.2, 0) is 14.3 Å². The van der Waals surface area contributed by atoms with E-state index in [1.807, 2.05) is 0 Å². The minimum absolute atomic E-state index is 0.0703. The zero-order valence-electron chi connectivity index (χ0n) is 11.6. The second kappa shape index (κ2) is 7.08. The number of hydrogen-bond donors (Lipinski definition) is 2. The number of imide groups is 1. The number of amides is 3. The van der Waals surface area contributed by atoms with E-state index in [1.165, 1.54) is 7.05 Å². The molecule has 1 atom stereocenters. The molecule has 7 nitrogen and oxygen atoms in total. The van der Waals surface area contributed by atoms with E-state index in [2.05, 4.69) is 10.6 Å². The monoisotopic (exact) mass is 271 g/mol. The van der Waals surface area contributed by atoms with Gasteiger partial charge in [-0.15, -0.1) is 0 Å². The number of nitrogens with one attached hydrogen (secondary N) is 2. The Bertz CT molecular complexity index is 355. The van der Waals surface area contributed by atoms with Crippen molar-refractivity contribution in [2.75, 3.05) is 20.2 Å². The van der Waals surface area contributed by atoms with Crippen molar-refractivity contribution >= 4 is 17.9 Å². The molecule has 0 aliphatic heterocycles. The average molecular weight is 271 g/mol. The summed E-state index contributed by atoms with van der Waals surface area (Å²) < 4.78 is 4.89. The van der Waals surface area contributed by atoms with Gasteiger partial charge >= 0.3 is 12.0 Å². The molecule has 2 N–H and O–H groups in total. The van der Waals surface area contributed by atoms with E-state index in [-0.39, 0.29) is 18.6 Å². The third kappa shape index (κ3) is 4.86. The predicted molar refractivity (Wildman–Crippen MR) is 68.4 cm³/mol. The molecule has 3 amide bonds. The highest BCUT2D eigenvalue weighted by atomic mass is 16.5. The van der Waals surface area contributed by atoms with E-state index in [0.717, 1.165) is 12.8 Å². The van der Waals surface area contributed by atoms with Crippen LogP contribution < -0.4 is 10.6 Å². The molecule has 0 saturated heterocycles. The summed E-state index contributed by atoms with van der Waals surface area (Å²) in [6.45, 7) is 3.80. The maximum Gasteiger partial charge on any atom is 0.321 e. The Kier molecular flexibility index (Phi) is 5.75. The largest absolute Gasteiger partial charge is 0.465 e. The first-order valence-electron chi connectivity index (χ1n) is 6.43. The van der Waals surface area contributed by atoms with Gasteiger partial charge in [0.05, 0.1) is 19.2 Å². The maximum atomic E-state index is 11.9. The number of esters is 1. The van der Waals surface area contributed by atoms with E-state index in [9.17, 15) is 14.4 Å². The van der Waals surface area contributed by atoms with E-state index in [1.54, 1.807) is 18.7 Å². The molecule has 7 heteroatoms. The fourth-order valence-electron chi connectivity index (χ4n) is 1.77. The summed E-state index contributed by atoms with van der Waals surface area (Å²) >= 11 is 0. The van der Waals surface area contributed by atoms with E-state index in [4.69, 9.17) is 4.74 Å². The molecule has 1 rings (SSSR count). The van der Waals surface area contributed by atoms with Crippen molar-refractivity contribution < 1.29 is 19.1 Å². The lowest BCUT2D eigenvalue weighted by atomic mass is 10.2. The molecular weight excluding hydrogens is 250 g/mol. The van der Waals surface area contributed by atoms with Crippen LogP contribution in [-0.4, -0.2) is 55.1 Å². The van der Waals surface area contributed by atoms with Gasteiger partial charge < -0.3 is 10.1 Å². The average Bonchev–Trinajstić information content (AvgIpc) is 3.19. The molecule has 0 aromatic heterocycles. The second-order valence-corrected chi connectivity index (χ2v) is 4.45. The van der Waals surface area contributed by atoms with Crippen molar-refractivity contribution in [2.45, 2.75) is 38.8 Å². The molecule has 0 bridgehead atoms. The van der Waals surface area contributed by atoms with Gasteiger partial charge in [-0.2, -0.15) is 0 Å².